The minimum Gasteiger partial charge on any atom is -0.497 e. The molecule has 0 unspecified atom stereocenters. The Morgan fingerprint density at radius 2 is 1.94 bits per heavy atom. The first kappa shape index (κ1) is 12.3. The number of hydrogen-bond acceptors (Lipinski definition) is 4. The van der Waals surface area contributed by atoms with Crippen LogP contribution >= 0.6 is 0 Å². The van der Waals surface area contributed by atoms with Crippen LogP contribution in [0, 0.1) is 0 Å². The number of nitrogens with zero attached hydrogens (tertiary/aromatic N) is 1. The van der Waals surface area contributed by atoms with Gasteiger partial charge in [0.15, 0.2) is 5.75 Å². The molecule has 1 aromatic carbocycles. The number of methoxy groups -OCH3 is 1. The smallest absolute Gasteiger partial charge is 0.157 e. The lowest BCUT2D eigenvalue weighted by molar-refractivity contribution is 0.338. The van der Waals surface area contributed by atoms with Crippen molar-refractivity contribution in [2.75, 3.05) is 7.11 Å². The molecule has 0 atom stereocenters. The van der Waals surface area contributed by atoms with Gasteiger partial charge in [0.25, 0.3) is 0 Å². The molecular weight excluding hydrogens is 204 g/mol. The van der Waals surface area contributed by atoms with Crippen molar-refractivity contribution in [2.45, 2.75) is 13.8 Å². The molecule has 0 spiro atoms. The number of aromatic nitrogens is 1. The number of hydrogen-bond donors (Lipinski definition) is 1. The van der Waals surface area contributed by atoms with E-state index in [2.05, 4.69) is 4.98 Å². The zero-order chi connectivity index (χ0) is 12.0. The van der Waals surface area contributed by atoms with E-state index >= 15 is 0 Å². The van der Waals surface area contributed by atoms with Gasteiger partial charge < -0.3 is 9.57 Å². The van der Waals surface area contributed by atoms with E-state index in [1.165, 1.54) is 0 Å². The minimum atomic E-state index is 0.592. The predicted octanol–water partition coefficient (Wildman–Crippen LogP) is 2.52. The topological polar surface area (TPSA) is 57.4 Å². The van der Waals surface area contributed by atoms with Crippen LogP contribution in [0.15, 0.2) is 30.5 Å². The quantitative estimate of drug-likeness (QED) is 0.790. The molecule has 86 valence electrons. The minimum absolute atomic E-state index is 0.592. The molecule has 2 rings (SSSR count). The second kappa shape index (κ2) is 5.92. The zero-order valence-electron chi connectivity index (χ0n) is 9.73. The standard InChI is InChI=1S/C10H10N2O2.C2H6/c1-13-7-2-3-9-8(6-7)10(14-11)4-5-12-9;1-2/h2-6H,11H2,1H3;1-2H3. The van der Waals surface area contributed by atoms with Crippen LogP contribution in [0.3, 0.4) is 0 Å². The summed E-state index contributed by atoms with van der Waals surface area (Å²) in [6, 6.07) is 7.25. The maximum Gasteiger partial charge on any atom is 0.157 e. The first-order valence-corrected chi connectivity index (χ1v) is 5.14. The molecule has 0 saturated carbocycles. The maximum absolute atomic E-state index is 5.14. The number of ether oxygens (including phenoxy) is 1. The highest BCUT2D eigenvalue weighted by atomic mass is 16.6. The van der Waals surface area contributed by atoms with Gasteiger partial charge in [0.05, 0.1) is 12.6 Å². The third kappa shape index (κ3) is 2.41. The van der Waals surface area contributed by atoms with Gasteiger partial charge in [-0.05, 0) is 18.2 Å². The molecule has 0 aliphatic rings. The Morgan fingerprint density at radius 3 is 2.56 bits per heavy atom. The van der Waals surface area contributed by atoms with Crippen molar-refractivity contribution in [1.82, 2.24) is 4.98 Å². The van der Waals surface area contributed by atoms with Crippen LogP contribution in [0.5, 0.6) is 11.5 Å². The molecule has 1 aromatic heterocycles. The molecule has 4 heteroatoms. The molecule has 0 saturated heterocycles. The normalized spacial score (nSPS) is 9.25. The van der Waals surface area contributed by atoms with Crippen LogP contribution in [0.25, 0.3) is 10.9 Å². The summed E-state index contributed by atoms with van der Waals surface area (Å²) in [6.07, 6.45) is 1.65. The molecule has 0 aliphatic heterocycles. The van der Waals surface area contributed by atoms with Crippen LogP contribution in [0.4, 0.5) is 0 Å². The average Bonchev–Trinajstić information content (AvgIpc) is 2.39. The molecule has 2 N–H and O–H groups in total. The van der Waals surface area contributed by atoms with E-state index in [-0.39, 0.29) is 0 Å². The SMILES string of the molecule is CC.COc1ccc2nccc(ON)c2c1. The van der Waals surface area contributed by atoms with E-state index in [0.717, 1.165) is 16.7 Å². The number of rotatable bonds is 2. The lowest BCUT2D eigenvalue weighted by atomic mass is 10.2. The number of benzene rings is 1. The maximum atomic E-state index is 5.14. The Kier molecular flexibility index (Phi) is 4.54. The number of pyridine rings is 1. The summed E-state index contributed by atoms with van der Waals surface area (Å²) in [5.74, 6) is 6.48. The first-order chi connectivity index (χ1) is 7.85. The van der Waals surface area contributed by atoms with E-state index in [4.69, 9.17) is 15.5 Å². The van der Waals surface area contributed by atoms with Crippen LogP contribution in [0.1, 0.15) is 13.8 Å². The number of nitrogens with two attached hydrogens (primary N) is 1. The van der Waals surface area contributed by atoms with Crippen molar-refractivity contribution < 1.29 is 9.57 Å². The lowest BCUT2D eigenvalue weighted by Gasteiger charge is -2.05. The Balaban J connectivity index is 0.000000606. The fraction of sp³-hybridized carbons (Fsp3) is 0.250. The molecule has 0 radical (unpaired) electrons. The van der Waals surface area contributed by atoms with Gasteiger partial charge in [0.1, 0.15) is 5.75 Å². The van der Waals surface area contributed by atoms with E-state index in [0.29, 0.717) is 5.75 Å². The van der Waals surface area contributed by atoms with Gasteiger partial charge in [-0.25, -0.2) is 0 Å². The monoisotopic (exact) mass is 220 g/mol. The van der Waals surface area contributed by atoms with Gasteiger partial charge in [-0.1, -0.05) is 13.8 Å². The molecule has 1 heterocycles. The van der Waals surface area contributed by atoms with Gasteiger partial charge in [0, 0.05) is 17.6 Å². The highest BCUT2D eigenvalue weighted by molar-refractivity contribution is 5.86. The summed E-state index contributed by atoms with van der Waals surface area (Å²) < 4.78 is 5.10. The second-order valence-electron chi connectivity index (χ2n) is 2.81. The van der Waals surface area contributed by atoms with Crippen LogP contribution < -0.4 is 15.5 Å². The highest BCUT2D eigenvalue weighted by Gasteiger charge is 2.03. The van der Waals surface area contributed by atoms with Gasteiger partial charge >= 0.3 is 0 Å². The Hall–Kier alpha value is -1.81. The van der Waals surface area contributed by atoms with Gasteiger partial charge in [0.2, 0.25) is 0 Å². The molecule has 0 amide bonds. The highest BCUT2D eigenvalue weighted by Crippen LogP contribution is 2.26. The van der Waals surface area contributed by atoms with Gasteiger partial charge in [-0.2, -0.15) is 5.90 Å². The molecule has 2 aromatic rings. The van der Waals surface area contributed by atoms with Crippen molar-refractivity contribution in [2.24, 2.45) is 5.90 Å². The predicted molar refractivity (Wildman–Crippen MR) is 64.5 cm³/mol. The van der Waals surface area contributed by atoms with Crippen LogP contribution in [0.2, 0.25) is 0 Å². The van der Waals surface area contributed by atoms with E-state index < -0.39 is 0 Å². The Morgan fingerprint density at radius 1 is 1.19 bits per heavy atom. The first-order valence-electron chi connectivity index (χ1n) is 5.14. The average molecular weight is 220 g/mol. The fourth-order valence-electron chi connectivity index (χ4n) is 1.33. The van der Waals surface area contributed by atoms with Crippen molar-refractivity contribution in [1.29, 1.82) is 0 Å². The molecule has 4 nitrogen and oxygen atoms in total. The van der Waals surface area contributed by atoms with Crippen LogP contribution in [-0.4, -0.2) is 12.1 Å². The van der Waals surface area contributed by atoms with Crippen LogP contribution in [-0.2, 0) is 0 Å². The van der Waals surface area contributed by atoms with Crippen molar-refractivity contribution in [3.05, 3.63) is 30.5 Å². The number of fused-ring (bicyclic) bond motifs is 1. The third-order valence-electron chi connectivity index (χ3n) is 2.04. The van der Waals surface area contributed by atoms with Crippen molar-refractivity contribution >= 4 is 10.9 Å². The van der Waals surface area contributed by atoms with Crippen molar-refractivity contribution in [3.63, 3.8) is 0 Å². The lowest BCUT2D eigenvalue weighted by Crippen LogP contribution is -2.02. The molecule has 0 fully saturated rings. The summed E-state index contributed by atoms with van der Waals surface area (Å²) in [4.78, 5) is 8.91. The third-order valence-corrected chi connectivity index (χ3v) is 2.04. The van der Waals surface area contributed by atoms with Gasteiger partial charge in [-0.15, -0.1) is 0 Å². The molecule has 0 aliphatic carbocycles. The zero-order valence-corrected chi connectivity index (χ0v) is 9.73. The molecule has 16 heavy (non-hydrogen) atoms. The second-order valence-corrected chi connectivity index (χ2v) is 2.81. The van der Waals surface area contributed by atoms with E-state index in [9.17, 15) is 0 Å². The molecule has 0 bridgehead atoms. The van der Waals surface area contributed by atoms with E-state index in [1.807, 2.05) is 32.0 Å². The Bertz CT molecular complexity index is 458. The largest absolute Gasteiger partial charge is 0.497 e. The molecular formula is C12H16N2O2. The summed E-state index contributed by atoms with van der Waals surface area (Å²) in [6.45, 7) is 4.00. The Labute approximate surface area is 95.0 Å². The summed E-state index contributed by atoms with van der Waals surface area (Å²) in [5.41, 5.74) is 0.828. The van der Waals surface area contributed by atoms with Crippen molar-refractivity contribution in [3.8, 4) is 11.5 Å². The summed E-state index contributed by atoms with van der Waals surface area (Å²) >= 11 is 0. The van der Waals surface area contributed by atoms with Gasteiger partial charge in [-0.3, -0.25) is 4.98 Å². The summed E-state index contributed by atoms with van der Waals surface area (Å²) in [7, 11) is 1.61. The fourth-order valence-corrected chi connectivity index (χ4v) is 1.33. The van der Waals surface area contributed by atoms with E-state index in [1.54, 1.807) is 19.4 Å². The summed E-state index contributed by atoms with van der Waals surface area (Å²) in [5, 5.41) is 0.842.